The highest BCUT2D eigenvalue weighted by atomic mass is 15.1. The first-order chi connectivity index (χ1) is 32.7. The molecule has 1 unspecified atom stereocenters. The fourth-order valence-corrected chi connectivity index (χ4v) is 10.8. The molecule has 11 rings (SSSR count). The summed E-state index contributed by atoms with van der Waals surface area (Å²) >= 11 is 0. The molecule has 0 spiro atoms. The molecule has 0 bridgehead atoms. The second-order valence-corrected chi connectivity index (χ2v) is 19.3. The average molecular weight is 864 g/mol. The first kappa shape index (κ1) is 42.2. The Morgan fingerprint density at radius 3 is 1.75 bits per heavy atom. The highest BCUT2D eigenvalue weighted by Gasteiger charge is 2.36. The lowest BCUT2D eigenvalue weighted by atomic mass is 9.81. The first-order valence-corrected chi connectivity index (χ1v) is 24.2. The highest BCUT2D eigenvalue weighted by Crippen LogP contribution is 2.52. The van der Waals surface area contributed by atoms with Crippen molar-refractivity contribution in [1.82, 2.24) is 0 Å². The van der Waals surface area contributed by atoms with Crippen molar-refractivity contribution in [3.8, 4) is 55.6 Å². The van der Waals surface area contributed by atoms with Crippen molar-refractivity contribution < 1.29 is 0 Å². The number of anilines is 3. The van der Waals surface area contributed by atoms with E-state index in [2.05, 4.69) is 252 Å². The molecule has 1 nitrogen and oxygen atoms in total. The Kier molecular flexibility index (Phi) is 10.9. The third kappa shape index (κ3) is 7.73. The molecule has 0 heterocycles. The zero-order valence-corrected chi connectivity index (χ0v) is 39.4. The van der Waals surface area contributed by atoms with Gasteiger partial charge < -0.3 is 4.90 Å². The third-order valence-corrected chi connectivity index (χ3v) is 14.6. The molecule has 2 aliphatic rings. The van der Waals surface area contributed by atoms with E-state index in [1.165, 1.54) is 99.8 Å². The summed E-state index contributed by atoms with van der Waals surface area (Å²) in [6.07, 6.45) is 10.3. The Balaban J connectivity index is 0.973. The van der Waals surface area contributed by atoms with Gasteiger partial charge in [-0.15, -0.1) is 0 Å². The van der Waals surface area contributed by atoms with Crippen LogP contribution in [0.25, 0.3) is 72.0 Å². The van der Waals surface area contributed by atoms with E-state index in [1.807, 2.05) is 0 Å². The van der Waals surface area contributed by atoms with Crippen LogP contribution in [0.15, 0.2) is 212 Å². The van der Waals surface area contributed by atoms with Crippen LogP contribution in [0.5, 0.6) is 0 Å². The third-order valence-electron chi connectivity index (χ3n) is 14.6. The van der Waals surface area contributed by atoms with E-state index in [9.17, 15) is 0 Å². The monoisotopic (exact) mass is 863 g/mol. The summed E-state index contributed by atoms with van der Waals surface area (Å²) in [5, 5.41) is 2.54. The largest absolute Gasteiger partial charge is 0.310 e. The van der Waals surface area contributed by atoms with Gasteiger partial charge in [-0.25, -0.2) is 0 Å². The molecule has 0 saturated heterocycles. The lowest BCUT2D eigenvalue weighted by Gasteiger charge is -2.28. The summed E-state index contributed by atoms with van der Waals surface area (Å²) in [6.45, 7) is 11.6. The van der Waals surface area contributed by atoms with E-state index >= 15 is 0 Å². The standard InChI is InChI=1S/C66H57N/c1-6-13-60-59(20-12-21-61(60)56-17-9-7-14-45(56)3)51-32-37-54(38-33-51)67(53-35-30-47(31-36-53)46-26-28-50(29-27-46)58-19-11-16-49-15-8-10-18-57(49)58)55-39-41-63-62-40-34-52(48-24-22-44(2)23-25-48)42-64(62)66(4,5)65(63)43-55/h7-12,14-22,24-44H,6,13,23H2,1-5H3. The minimum Gasteiger partial charge on any atom is -0.310 e. The van der Waals surface area contributed by atoms with Crippen LogP contribution in [0.4, 0.5) is 17.1 Å². The maximum atomic E-state index is 2.45. The molecule has 67 heavy (non-hydrogen) atoms. The topological polar surface area (TPSA) is 3.24 Å². The van der Waals surface area contributed by atoms with Crippen molar-refractivity contribution in [2.45, 2.75) is 59.3 Å². The number of benzene rings is 9. The van der Waals surface area contributed by atoms with E-state index < -0.39 is 0 Å². The fourth-order valence-electron chi connectivity index (χ4n) is 10.8. The van der Waals surface area contributed by atoms with E-state index in [-0.39, 0.29) is 5.41 Å². The van der Waals surface area contributed by atoms with Crippen molar-refractivity contribution in [3.05, 3.63) is 240 Å². The highest BCUT2D eigenvalue weighted by molar-refractivity contribution is 5.97. The van der Waals surface area contributed by atoms with Crippen molar-refractivity contribution in [3.63, 3.8) is 0 Å². The van der Waals surface area contributed by atoms with Crippen molar-refractivity contribution in [1.29, 1.82) is 0 Å². The summed E-state index contributed by atoms with van der Waals surface area (Å²) in [5.41, 5.74) is 24.1. The van der Waals surface area contributed by atoms with Crippen LogP contribution in [-0.2, 0) is 11.8 Å². The summed E-state index contributed by atoms with van der Waals surface area (Å²) in [4.78, 5) is 2.44. The molecule has 2 aliphatic carbocycles. The first-order valence-electron chi connectivity index (χ1n) is 24.2. The van der Waals surface area contributed by atoms with Gasteiger partial charge in [0.2, 0.25) is 0 Å². The molecule has 9 aromatic carbocycles. The smallest absolute Gasteiger partial charge is 0.0465 e. The molecule has 0 fully saturated rings. The van der Waals surface area contributed by atoms with Crippen LogP contribution in [0.3, 0.4) is 0 Å². The molecule has 326 valence electrons. The number of hydrogen-bond acceptors (Lipinski definition) is 1. The zero-order valence-electron chi connectivity index (χ0n) is 39.4. The Morgan fingerprint density at radius 2 is 1.03 bits per heavy atom. The van der Waals surface area contributed by atoms with Gasteiger partial charge in [-0.05, 0) is 168 Å². The Bertz CT molecular complexity index is 3360. The van der Waals surface area contributed by atoms with Crippen molar-refractivity contribution >= 4 is 33.4 Å². The van der Waals surface area contributed by atoms with Crippen LogP contribution in [0, 0.1) is 12.8 Å². The van der Waals surface area contributed by atoms with E-state index in [4.69, 9.17) is 0 Å². The molecular formula is C66H57N. The molecule has 9 aromatic rings. The predicted molar refractivity (Wildman–Crippen MR) is 288 cm³/mol. The van der Waals surface area contributed by atoms with Crippen molar-refractivity contribution in [2.24, 2.45) is 5.92 Å². The van der Waals surface area contributed by atoms with Gasteiger partial charge in [-0.2, -0.15) is 0 Å². The number of aryl methyl sites for hydroxylation is 1. The van der Waals surface area contributed by atoms with E-state index in [1.54, 1.807) is 0 Å². The maximum absolute atomic E-state index is 2.45. The molecule has 0 saturated carbocycles. The minimum absolute atomic E-state index is 0.168. The second kappa shape index (κ2) is 17.4. The summed E-state index contributed by atoms with van der Waals surface area (Å²) in [5.74, 6) is 0.592. The van der Waals surface area contributed by atoms with Gasteiger partial charge in [0.25, 0.3) is 0 Å². The maximum Gasteiger partial charge on any atom is 0.0465 e. The molecule has 1 heteroatoms. The molecule has 1 atom stereocenters. The molecular weight excluding hydrogens is 807 g/mol. The second-order valence-electron chi connectivity index (χ2n) is 19.3. The molecule has 0 aromatic heterocycles. The van der Waals surface area contributed by atoms with Gasteiger partial charge >= 0.3 is 0 Å². The van der Waals surface area contributed by atoms with Crippen LogP contribution in [0.2, 0.25) is 0 Å². The SMILES string of the molecule is CCCc1c(-c2ccc(N(c3ccc(-c4ccc(-c5cccc6ccccc56)cc4)cc3)c3ccc4c(c3)C(C)(C)c3cc(C5=CCC(C)C=C5)ccc3-4)cc2)cccc1-c1ccccc1C. The summed E-state index contributed by atoms with van der Waals surface area (Å²) < 4.78 is 0. The normalized spacial score (nSPS) is 14.7. The summed E-state index contributed by atoms with van der Waals surface area (Å²) in [6, 6.07) is 72.6. The van der Waals surface area contributed by atoms with E-state index in [0.717, 1.165) is 36.3 Å². The number of hydrogen-bond donors (Lipinski definition) is 0. The zero-order chi connectivity index (χ0) is 45.6. The number of nitrogens with zero attached hydrogens (tertiary/aromatic N) is 1. The number of fused-ring (bicyclic) bond motifs is 4. The van der Waals surface area contributed by atoms with Gasteiger partial charge in [-0.3, -0.25) is 0 Å². The number of rotatable bonds is 10. The average Bonchev–Trinajstić information content (AvgIpc) is 3.59. The van der Waals surface area contributed by atoms with Crippen LogP contribution in [0.1, 0.15) is 68.4 Å². The van der Waals surface area contributed by atoms with Crippen LogP contribution < -0.4 is 4.90 Å². The van der Waals surface area contributed by atoms with Gasteiger partial charge in [0.05, 0.1) is 0 Å². The molecule has 0 radical (unpaired) electrons. The molecule has 0 amide bonds. The van der Waals surface area contributed by atoms with E-state index in [0.29, 0.717) is 5.92 Å². The fraction of sp³-hybridized carbons (Fsp3) is 0.152. The van der Waals surface area contributed by atoms with Gasteiger partial charge in [0.15, 0.2) is 0 Å². The number of allylic oxidation sites excluding steroid dienone is 4. The minimum atomic E-state index is -0.168. The van der Waals surface area contributed by atoms with Gasteiger partial charge in [-0.1, -0.05) is 204 Å². The Morgan fingerprint density at radius 1 is 0.493 bits per heavy atom. The lowest BCUT2D eigenvalue weighted by molar-refractivity contribution is 0.660. The van der Waals surface area contributed by atoms with Gasteiger partial charge in [0.1, 0.15) is 0 Å². The Hall–Kier alpha value is -7.48. The van der Waals surface area contributed by atoms with Gasteiger partial charge in [0, 0.05) is 22.5 Å². The van der Waals surface area contributed by atoms with Crippen molar-refractivity contribution in [2.75, 3.05) is 4.90 Å². The predicted octanol–water partition coefficient (Wildman–Crippen LogP) is 18.5. The quantitative estimate of drug-likeness (QED) is 0.132. The molecule has 0 N–H and O–H groups in total. The lowest BCUT2D eigenvalue weighted by Crippen LogP contribution is -2.17. The molecule has 0 aliphatic heterocycles. The van der Waals surface area contributed by atoms with Crippen LogP contribution in [-0.4, -0.2) is 0 Å². The summed E-state index contributed by atoms with van der Waals surface area (Å²) in [7, 11) is 0. The van der Waals surface area contributed by atoms with Crippen LogP contribution >= 0.6 is 0 Å². The Labute approximate surface area is 397 Å².